The fraction of sp³-hybridized carbons (Fsp3) is 0.267. The molecule has 6 heteroatoms. The maximum absolute atomic E-state index is 11.0. The van der Waals surface area contributed by atoms with Gasteiger partial charge in [-0.3, -0.25) is 5.10 Å². The summed E-state index contributed by atoms with van der Waals surface area (Å²) in [4.78, 5) is 11.9. The van der Waals surface area contributed by atoms with Crippen LogP contribution in [0.4, 0.5) is 0 Å². The van der Waals surface area contributed by atoms with Crippen LogP contribution < -0.4 is 0 Å². The van der Waals surface area contributed by atoms with Crippen molar-refractivity contribution in [1.29, 1.82) is 0 Å². The molecule has 1 saturated carbocycles. The van der Waals surface area contributed by atoms with Crippen LogP contribution in [0, 0.1) is 17.8 Å². The van der Waals surface area contributed by atoms with Gasteiger partial charge in [0.1, 0.15) is 5.03 Å². The number of nitrogens with one attached hydrogen (secondary N) is 1. The smallest absolute Gasteiger partial charge is 0.359 e. The molecule has 2 N–H and O–H groups in total. The molecular formula is C15H13N3O2S. The van der Waals surface area contributed by atoms with E-state index in [1.54, 1.807) is 0 Å². The van der Waals surface area contributed by atoms with E-state index < -0.39 is 5.97 Å². The van der Waals surface area contributed by atoms with E-state index in [0.29, 0.717) is 5.03 Å². The molecule has 2 aromatic rings. The van der Waals surface area contributed by atoms with E-state index >= 15 is 0 Å². The molecular weight excluding hydrogens is 286 g/mol. The number of hydrogen-bond acceptors (Lipinski definition) is 4. The second-order valence-corrected chi connectivity index (χ2v) is 5.96. The first-order valence-electron chi connectivity index (χ1n) is 6.63. The molecule has 0 spiro atoms. The minimum atomic E-state index is -1.09. The van der Waals surface area contributed by atoms with E-state index in [-0.39, 0.29) is 5.69 Å². The van der Waals surface area contributed by atoms with Crippen molar-refractivity contribution in [2.24, 2.45) is 5.92 Å². The standard InChI is InChI=1S/C15H13N3O2S/c19-15(20)13-14(17-18-16-13)21-12-6-2-5-11(9-12)4-1-3-10-7-8-10/h2,5-6,9-10H,3,7-8H2,(H,19,20)(H,16,17,18). The first-order valence-corrected chi connectivity index (χ1v) is 7.45. The van der Waals surface area contributed by atoms with Gasteiger partial charge >= 0.3 is 5.97 Å². The van der Waals surface area contributed by atoms with E-state index in [1.165, 1.54) is 24.6 Å². The molecule has 0 unspecified atom stereocenters. The number of hydrogen-bond donors (Lipinski definition) is 2. The van der Waals surface area contributed by atoms with Gasteiger partial charge in [-0.25, -0.2) is 4.79 Å². The van der Waals surface area contributed by atoms with E-state index in [9.17, 15) is 4.79 Å². The van der Waals surface area contributed by atoms with Crippen molar-refractivity contribution in [2.45, 2.75) is 29.2 Å². The number of H-pyrrole nitrogens is 1. The highest BCUT2D eigenvalue weighted by Gasteiger charge is 2.19. The summed E-state index contributed by atoms with van der Waals surface area (Å²) < 4.78 is 0. The Morgan fingerprint density at radius 1 is 1.48 bits per heavy atom. The average Bonchev–Trinajstić information content (AvgIpc) is 3.16. The Morgan fingerprint density at radius 2 is 2.33 bits per heavy atom. The van der Waals surface area contributed by atoms with Crippen LogP contribution in [0.2, 0.25) is 0 Å². The molecule has 1 aliphatic carbocycles. The fourth-order valence-corrected chi connectivity index (χ4v) is 2.68. The molecule has 1 aromatic carbocycles. The molecule has 0 aliphatic heterocycles. The summed E-state index contributed by atoms with van der Waals surface area (Å²) in [7, 11) is 0. The molecule has 0 radical (unpaired) electrons. The van der Waals surface area contributed by atoms with Gasteiger partial charge in [0.2, 0.25) is 5.69 Å². The van der Waals surface area contributed by atoms with Crippen molar-refractivity contribution >= 4 is 17.7 Å². The lowest BCUT2D eigenvalue weighted by molar-refractivity contribution is 0.0686. The van der Waals surface area contributed by atoms with Crippen molar-refractivity contribution in [3.05, 3.63) is 35.5 Å². The van der Waals surface area contributed by atoms with Crippen molar-refractivity contribution in [1.82, 2.24) is 15.4 Å². The van der Waals surface area contributed by atoms with E-state index in [4.69, 9.17) is 5.11 Å². The van der Waals surface area contributed by atoms with Gasteiger partial charge in [0.05, 0.1) is 0 Å². The van der Waals surface area contributed by atoms with E-state index in [2.05, 4.69) is 27.3 Å². The Bertz CT molecular complexity index is 726. The minimum absolute atomic E-state index is 0.0646. The number of carboxylic acid groups (broad SMARTS) is 1. The number of carboxylic acids is 1. The monoisotopic (exact) mass is 299 g/mol. The Hall–Kier alpha value is -2.26. The molecule has 0 atom stereocenters. The molecule has 0 bridgehead atoms. The quantitative estimate of drug-likeness (QED) is 0.849. The predicted octanol–water partition coefficient (Wildman–Crippen LogP) is 2.81. The molecule has 1 aliphatic rings. The number of aromatic carboxylic acids is 1. The molecule has 1 aromatic heterocycles. The number of benzene rings is 1. The molecule has 5 nitrogen and oxygen atoms in total. The van der Waals surface area contributed by atoms with Crippen LogP contribution in [-0.2, 0) is 0 Å². The average molecular weight is 299 g/mol. The van der Waals surface area contributed by atoms with Gasteiger partial charge in [-0.1, -0.05) is 34.9 Å². The molecule has 1 heterocycles. The molecule has 0 saturated heterocycles. The van der Waals surface area contributed by atoms with Crippen molar-refractivity contribution < 1.29 is 9.90 Å². The highest BCUT2D eigenvalue weighted by atomic mass is 32.2. The maximum Gasteiger partial charge on any atom is 0.359 e. The van der Waals surface area contributed by atoms with Crippen LogP contribution in [0.3, 0.4) is 0 Å². The summed E-state index contributed by atoms with van der Waals surface area (Å²) in [6.45, 7) is 0. The highest BCUT2D eigenvalue weighted by molar-refractivity contribution is 7.99. The van der Waals surface area contributed by atoms with Gasteiger partial charge in [-0.2, -0.15) is 0 Å². The van der Waals surface area contributed by atoms with Crippen LogP contribution in [0.25, 0.3) is 0 Å². The van der Waals surface area contributed by atoms with Gasteiger partial charge in [0, 0.05) is 16.9 Å². The van der Waals surface area contributed by atoms with Gasteiger partial charge < -0.3 is 5.11 Å². The number of carbonyl (C=O) groups is 1. The topological polar surface area (TPSA) is 78.9 Å². The molecule has 3 rings (SSSR count). The molecule has 1 fully saturated rings. The van der Waals surface area contributed by atoms with Crippen LogP contribution in [0.5, 0.6) is 0 Å². The lowest BCUT2D eigenvalue weighted by Crippen LogP contribution is -1.98. The Labute approximate surface area is 126 Å². The zero-order valence-electron chi connectivity index (χ0n) is 11.2. The second-order valence-electron chi connectivity index (χ2n) is 4.87. The Balaban J connectivity index is 1.74. The zero-order valence-corrected chi connectivity index (χ0v) is 12.0. The number of nitrogens with zero attached hydrogens (tertiary/aromatic N) is 2. The summed E-state index contributed by atoms with van der Waals surface area (Å²) in [6, 6.07) is 7.71. The second kappa shape index (κ2) is 6.02. The van der Waals surface area contributed by atoms with Crippen LogP contribution >= 0.6 is 11.8 Å². The maximum atomic E-state index is 11.0. The lowest BCUT2D eigenvalue weighted by Gasteiger charge is -2.00. The normalized spacial score (nSPS) is 13.5. The molecule has 0 amide bonds. The van der Waals surface area contributed by atoms with E-state index in [0.717, 1.165) is 22.8 Å². The van der Waals surface area contributed by atoms with Crippen molar-refractivity contribution in [3.8, 4) is 11.8 Å². The summed E-state index contributed by atoms with van der Waals surface area (Å²) in [5.74, 6) is 6.05. The summed E-state index contributed by atoms with van der Waals surface area (Å²) in [5, 5.41) is 19.1. The highest BCUT2D eigenvalue weighted by Crippen LogP contribution is 2.32. The van der Waals surface area contributed by atoms with Crippen molar-refractivity contribution in [2.75, 3.05) is 0 Å². The molecule has 106 valence electrons. The minimum Gasteiger partial charge on any atom is -0.476 e. The zero-order chi connectivity index (χ0) is 14.7. The third kappa shape index (κ3) is 3.64. The fourth-order valence-electron chi connectivity index (χ4n) is 1.80. The Kier molecular flexibility index (Phi) is 3.93. The van der Waals surface area contributed by atoms with Gasteiger partial charge in [-0.15, -0.1) is 5.10 Å². The van der Waals surface area contributed by atoms with Gasteiger partial charge in [-0.05, 0) is 37.0 Å². The number of aromatic amines is 1. The van der Waals surface area contributed by atoms with Crippen LogP contribution in [-0.4, -0.2) is 26.5 Å². The number of rotatable bonds is 4. The SMILES string of the molecule is O=C(O)c1nn[nH]c1Sc1cccc(C#CCC2CC2)c1. The van der Waals surface area contributed by atoms with Crippen molar-refractivity contribution in [3.63, 3.8) is 0 Å². The van der Waals surface area contributed by atoms with Crippen LogP contribution in [0.15, 0.2) is 34.2 Å². The number of aromatic nitrogens is 3. The lowest BCUT2D eigenvalue weighted by atomic mass is 10.2. The first-order chi connectivity index (χ1) is 10.2. The Morgan fingerprint density at radius 3 is 3.10 bits per heavy atom. The molecule has 21 heavy (non-hydrogen) atoms. The third-order valence-corrected chi connectivity index (χ3v) is 4.07. The summed E-state index contributed by atoms with van der Waals surface area (Å²) >= 11 is 1.29. The summed E-state index contributed by atoms with van der Waals surface area (Å²) in [5.41, 5.74) is 0.871. The third-order valence-electron chi connectivity index (χ3n) is 3.09. The summed E-state index contributed by atoms with van der Waals surface area (Å²) in [6.07, 6.45) is 3.57. The van der Waals surface area contributed by atoms with Gasteiger partial charge in [0.25, 0.3) is 0 Å². The predicted molar refractivity (Wildman–Crippen MR) is 78.1 cm³/mol. The van der Waals surface area contributed by atoms with Crippen LogP contribution in [0.1, 0.15) is 35.3 Å². The van der Waals surface area contributed by atoms with E-state index in [1.807, 2.05) is 24.3 Å². The van der Waals surface area contributed by atoms with Gasteiger partial charge in [0.15, 0.2) is 0 Å². The largest absolute Gasteiger partial charge is 0.476 e. The first kappa shape index (κ1) is 13.7.